The molecule has 4 heterocycles. The van der Waals surface area contributed by atoms with Gasteiger partial charge in [-0.3, -0.25) is 0 Å². The predicted octanol–water partition coefficient (Wildman–Crippen LogP) is 19.4. The standard InChI is InChI=1S/C77H54N5.Ir/c1-77(2,3)64-43-45-79-73(49-64)59-39-33-54(34-40-59)67-24-12-15-27-70(67)63-47-61(68-25-13-10-22-65(68)52-29-35-57(36-30-52)71-28-16-17-44-78-71)46-62(48-63)69-26-14-11-23-66(69)53-31-37-58(38-32-53)72-42-41-60(51-80-72)76-81-74(55-18-6-4-7-19-55)50-75(82-76)56-20-8-5-9-21-56;/h4-35,37,39,41-51H,1-3H3;/q-3;+3. The minimum absolute atomic E-state index is 0. The second kappa shape index (κ2) is 23.7. The van der Waals surface area contributed by atoms with Crippen LogP contribution in [0.2, 0.25) is 0 Å². The van der Waals surface area contributed by atoms with Gasteiger partial charge in [-0.15, -0.1) is 89.5 Å². The molecule has 0 bridgehead atoms. The summed E-state index contributed by atoms with van der Waals surface area (Å²) in [7, 11) is 0. The summed E-state index contributed by atoms with van der Waals surface area (Å²) in [6, 6.07) is 99.8. The molecule has 0 aliphatic heterocycles. The number of nitrogens with zero attached hydrogens (tertiary/aromatic N) is 5. The van der Waals surface area contributed by atoms with Crippen LogP contribution in [0.5, 0.6) is 0 Å². The minimum Gasteiger partial charge on any atom is -0.305 e. The predicted molar refractivity (Wildman–Crippen MR) is 336 cm³/mol. The minimum atomic E-state index is 0. The SMILES string of the molecule is CC(C)(C)c1ccnc(-c2[c-]cc(-c3ccccc3-c3cc(-c4ccccc4-c4c[c-]c(-c5ccccn5)cc4)cc(-c4ccccc4-c4c[c-]c(-c5ccc(-c6nc(-c7ccccc7)cc(-c7ccccc7)n6)cn5)cc4)c3)cc2)c1.[Ir+3]. The van der Waals surface area contributed by atoms with Crippen LogP contribution in [0.3, 0.4) is 0 Å². The van der Waals surface area contributed by atoms with Gasteiger partial charge in [0.2, 0.25) is 0 Å². The van der Waals surface area contributed by atoms with Gasteiger partial charge in [0, 0.05) is 35.3 Å². The Morgan fingerprint density at radius 1 is 0.289 bits per heavy atom. The quantitative estimate of drug-likeness (QED) is 0.114. The molecule has 0 spiro atoms. The number of hydrogen-bond acceptors (Lipinski definition) is 5. The van der Waals surface area contributed by atoms with Gasteiger partial charge in [-0.1, -0.05) is 218 Å². The molecular formula is C77H54IrN5. The summed E-state index contributed by atoms with van der Waals surface area (Å²) in [6.45, 7) is 6.69. The summed E-state index contributed by atoms with van der Waals surface area (Å²) in [5, 5.41) is 0. The molecule has 396 valence electrons. The van der Waals surface area contributed by atoms with Crippen LogP contribution in [0.4, 0.5) is 0 Å². The van der Waals surface area contributed by atoms with Gasteiger partial charge in [0.25, 0.3) is 0 Å². The normalized spacial score (nSPS) is 11.2. The van der Waals surface area contributed by atoms with Crippen LogP contribution >= 0.6 is 0 Å². The molecule has 13 aromatic rings. The summed E-state index contributed by atoms with van der Waals surface area (Å²) in [5.41, 5.74) is 24.4. The smallest absolute Gasteiger partial charge is 0.305 e. The second-order valence-corrected chi connectivity index (χ2v) is 21.4. The Bertz CT molecular complexity index is 4310. The Kier molecular flexibility index (Phi) is 15.4. The molecule has 9 aromatic carbocycles. The van der Waals surface area contributed by atoms with Gasteiger partial charge in [0.05, 0.1) is 11.4 Å². The van der Waals surface area contributed by atoms with E-state index in [1.807, 2.05) is 85.3 Å². The summed E-state index contributed by atoms with van der Waals surface area (Å²) in [4.78, 5) is 24.4. The van der Waals surface area contributed by atoms with Crippen molar-refractivity contribution in [2.45, 2.75) is 26.2 Å². The molecule has 0 atom stereocenters. The Labute approximate surface area is 499 Å². The van der Waals surface area contributed by atoms with Crippen molar-refractivity contribution in [3.63, 3.8) is 0 Å². The van der Waals surface area contributed by atoms with Crippen LogP contribution < -0.4 is 0 Å². The van der Waals surface area contributed by atoms with Crippen molar-refractivity contribution in [3.8, 4) is 134 Å². The van der Waals surface area contributed by atoms with E-state index in [9.17, 15) is 0 Å². The van der Waals surface area contributed by atoms with E-state index < -0.39 is 0 Å². The van der Waals surface area contributed by atoms with Crippen molar-refractivity contribution in [1.82, 2.24) is 24.9 Å². The first-order chi connectivity index (χ1) is 40.3. The van der Waals surface area contributed by atoms with Crippen molar-refractivity contribution < 1.29 is 20.1 Å². The summed E-state index contributed by atoms with van der Waals surface area (Å²) in [5.74, 6) is 0.617. The Morgan fingerprint density at radius 2 is 0.687 bits per heavy atom. The fourth-order valence-corrected chi connectivity index (χ4v) is 10.7. The van der Waals surface area contributed by atoms with E-state index in [4.69, 9.17) is 19.9 Å². The monoisotopic (exact) mass is 1240 g/mol. The van der Waals surface area contributed by atoms with Crippen molar-refractivity contribution in [2.24, 2.45) is 0 Å². The van der Waals surface area contributed by atoms with E-state index in [2.05, 4.69) is 232 Å². The van der Waals surface area contributed by atoms with Gasteiger partial charge in [-0.05, 0) is 97.8 Å². The average molecular weight is 1240 g/mol. The Hall–Kier alpha value is -9.84. The van der Waals surface area contributed by atoms with E-state index in [1.165, 1.54) is 5.56 Å². The molecule has 0 aliphatic carbocycles. The summed E-state index contributed by atoms with van der Waals surface area (Å²) >= 11 is 0. The van der Waals surface area contributed by atoms with Gasteiger partial charge in [-0.2, -0.15) is 0 Å². The topological polar surface area (TPSA) is 64.5 Å². The number of pyridine rings is 3. The Balaban J connectivity index is 0.00000680. The van der Waals surface area contributed by atoms with Crippen molar-refractivity contribution in [3.05, 3.63) is 297 Å². The molecule has 0 saturated heterocycles. The van der Waals surface area contributed by atoms with E-state index in [-0.39, 0.29) is 25.5 Å². The largest absolute Gasteiger partial charge is 3.00 e. The van der Waals surface area contributed by atoms with Gasteiger partial charge in [-0.25, -0.2) is 9.97 Å². The first-order valence-corrected chi connectivity index (χ1v) is 27.6. The molecular weight excluding hydrogens is 1190 g/mol. The van der Waals surface area contributed by atoms with Gasteiger partial charge >= 0.3 is 20.1 Å². The zero-order valence-corrected chi connectivity index (χ0v) is 48.4. The van der Waals surface area contributed by atoms with Crippen molar-refractivity contribution in [1.29, 1.82) is 0 Å². The third-order valence-electron chi connectivity index (χ3n) is 15.0. The maximum atomic E-state index is 5.03. The van der Waals surface area contributed by atoms with Gasteiger partial charge in [0.15, 0.2) is 5.82 Å². The van der Waals surface area contributed by atoms with Crippen molar-refractivity contribution in [2.75, 3.05) is 0 Å². The van der Waals surface area contributed by atoms with Crippen LogP contribution in [-0.2, 0) is 25.5 Å². The van der Waals surface area contributed by atoms with Crippen LogP contribution in [0.1, 0.15) is 26.3 Å². The molecule has 0 N–H and O–H groups in total. The van der Waals surface area contributed by atoms with Crippen LogP contribution in [0.15, 0.2) is 273 Å². The molecule has 0 amide bonds. The zero-order chi connectivity index (χ0) is 55.4. The van der Waals surface area contributed by atoms with E-state index in [1.54, 1.807) is 0 Å². The molecule has 0 saturated carbocycles. The third-order valence-corrected chi connectivity index (χ3v) is 15.0. The van der Waals surface area contributed by atoms with E-state index in [0.717, 1.165) is 129 Å². The molecule has 6 heteroatoms. The van der Waals surface area contributed by atoms with Crippen LogP contribution in [-0.4, -0.2) is 24.9 Å². The molecule has 0 fully saturated rings. The number of rotatable bonds is 12. The molecule has 83 heavy (non-hydrogen) atoms. The third kappa shape index (κ3) is 11.6. The Morgan fingerprint density at radius 3 is 1.08 bits per heavy atom. The fraction of sp³-hybridized carbons (Fsp3) is 0.0519. The van der Waals surface area contributed by atoms with Gasteiger partial charge < -0.3 is 15.0 Å². The number of benzene rings is 9. The second-order valence-electron chi connectivity index (χ2n) is 21.4. The van der Waals surface area contributed by atoms with Crippen molar-refractivity contribution >= 4 is 0 Å². The molecule has 5 nitrogen and oxygen atoms in total. The molecule has 0 aliphatic rings. The first-order valence-electron chi connectivity index (χ1n) is 27.6. The van der Waals surface area contributed by atoms with E-state index in [0.29, 0.717) is 5.82 Å². The maximum absolute atomic E-state index is 5.03. The van der Waals surface area contributed by atoms with E-state index >= 15 is 0 Å². The maximum Gasteiger partial charge on any atom is 3.00 e. The summed E-state index contributed by atoms with van der Waals surface area (Å²) < 4.78 is 0. The van der Waals surface area contributed by atoms with Gasteiger partial charge in [0.1, 0.15) is 0 Å². The molecule has 0 radical (unpaired) electrons. The molecule has 13 rings (SSSR count). The first kappa shape index (κ1) is 53.8. The average Bonchev–Trinajstić information content (AvgIpc) is 3.70. The molecule has 4 aromatic heterocycles. The molecule has 0 unspecified atom stereocenters. The van der Waals surface area contributed by atoms with Crippen LogP contribution in [0, 0.1) is 18.2 Å². The van der Waals surface area contributed by atoms with Crippen LogP contribution in [0.25, 0.3) is 134 Å². The fourth-order valence-electron chi connectivity index (χ4n) is 10.7. The summed E-state index contributed by atoms with van der Waals surface area (Å²) in [6.07, 6.45) is 5.58. The number of hydrogen-bond donors (Lipinski definition) is 0. The number of aromatic nitrogens is 5. The zero-order valence-electron chi connectivity index (χ0n) is 46.1.